The SMILES string of the molecule is CC(=O)O.COC(=O)c1cc[c]([Hg])cc1. The average Bonchev–Trinajstić information content (AvgIpc) is 2.17. The first kappa shape index (κ1) is 14.1. The summed E-state index contributed by atoms with van der Waals surface area (Å²) in [5, 5.41) is 7.42. The molecule has 4 nitrogen and oxygen atoms in total. The Bertz CT molecular complexity index is 328. The minimum atomic E-state index is -0.833. The zero-order chi connectivity index (χ0) is 11.8. The predicted octanol–water partition coefficient (Wildman–Crippen LogP) is 0.736. The molecule has 0 fully saturated rings. The van der Waals surface area contributed by atoms with Crippen LogP contribution in [0.3, 0.4) is 0 Å². The summed E-state index contributed by atoms with van der Waals surface area (Å²) < 4.78 is 5.88. The van der Waals surface area contributed by atoms with Crippen molar-refractivity contribution in [2.75, 3.05) is 7.11 Å². The van der Waals surface area contributed by atoms with E-state index in [4.69, 9.17) is 9.90 Å². The minimum absolute atomic E-state index is 0.265. The second kappa shape index (κ2) is 7.40. The standard InChI is InChI=1S/C8H7O2.C2H4O2.Hg/c1-10-8(9)7-5-3-2-4-6-7;1-2(3)4;/h3-6H,1H3;1H3,(H,3,4);. The van der Waals surface area contributed by atoms with Gasteiger partial charge in [-0.2, -0.15) is 0 Å². The molecule has 0 radical (unpaired) electrons. The molecule has 0 aromatic heterocycles. The second-order valence-corrected chi connectivity index (χ2v) is 5.88. The number of hydrogen-bond donors (Lipinski definition) is 1. The van der Waals surface area contributed by atoms with Crippen molar-refractivity contribution in [3.63, 3.8) is 0 Å². The first-order chi connectivity index (χ1) is 6.97. The summed E-state index contributed by atoms with van der Waals surface area (Å²) in [7, 11) is 1.39. The molecule has 0 atom stereocenters. The first-order valence-corrected chi connectivity index (χ1v) is 6.92. The van der Waals surface area contributed by atoms with Gasteiger partial charge in [-0.25, -0.2) is 0 Å². The van der Waals surface area contributed by atoms with Crippen molar-refractivity contribution in [2.24, 2.45) is 0 Å². The number of methoxy groups -OCH3 is 1. The van der Waals surface area contributed by atoms with E-state index in [1.807, 2.05) is 12.1 Å². The van der Waals surface area contributed by atoms with Crippen LogP contribution in [0.25, 0.3) is 0 Å². The molecule has 5 heteroatoms. The molecule has 0 spiro atoms. The molecule has 0 unspecified atom stereocenters. The van der Waals surface area contributed by atoms with E-state index in [2.05, 4.69) is 4.74 Å². The number of carbonyl (C=O) groups is 2. The maximum absolute atomic E-state index is 10.9. The van der Waals surface area contributed by atoms with Crippen LogP contribution < -0.4 is 3.07 Å². The Morgan fingerprint density at radius 1 is 1.27 bits per heavy atom. The summed E-state index contributed by atoms with van der Waals surface area (Å²) in [6, 6.07) is 7.53. The summed E-state index contributed by atoms with van der Waals surface area (Å²) >= 11 is 0.634. The molecule has 0 amide bonds. The van der Waals surface area contributed by atoms with Crippen LogP contribution in [0.2, 0.25) is 0 Å². The summed E-state index contributed by atoms with van der Waals surface area (Å²) in [6.45, 7) is 1.08. The Hall–Kier alpha value is -0.905. The van der Waals surface area contributed by atoms with Crippen LogP contribution in [-0.4, -0.2) is 24.2 Å². The van der Waals surface area contributed by atoms with E-state index in [1.165, 1.54) is 10.2 Å². The predicted molar refractivity (Wildman–Crippen MR) is 50.7 cm³/mol. The second-order valence-electron chi connectivity index (χ2n) is 2.71. The van der Waals surface area contributed by atoms with Gasteiger partial charge in [-0.3, -0.25) is 4.79 Å². The van der Waals surface area contributed by atoms with Gasteiger partial charge in [-0.05, 0) is 0 Å². The van der Waals surface area contributed by atoms with Crippen molar-refractivity contribution >= 4 is 15.0 Å². The number of aliphatic carboxylic acids is 1. The number of esters is 1. The average molecular weight is 396 g/mol. The van der Waals surface area contributed by atoms with Crippen molar-refractivity contribution in [1.82, 2.24) is 0 Å². The monoisotopic (exact) mass is 397 g/mol. The van der Waals surface area contributed by atoms with Gasteiger partial charge in [-0.15, -0.1) is 0 Å². The Morgan fingerprint density at radius 2 is 1.67 bits per heavy atom. The fourth-order valence-electron chi connectivity index (χ4n) is 0.759. The molecule has 15 heavy (non-hydrogen) atoms. The molecule has 0 saturated heterocycles. The molecule has 0 saturated carbocycles. The number of carbonyl (C=O) groups excluding carboxylic acids is 1. The van der Waals surface area contributed by atoms with Crippen LogP contribution in [0.4, 0.5) is 0 Å². The van der Waals surface area contributed by atoms with Gasteiger partial charge in [-0.1, -0.05) is 0 Å². The molecule has 1 aromatic rings. The summed E-state index contributed by atoms with van der Waals surface area (Å²) in [4.78, 5) is 19.9. The summed E-state index contributed by atoms with van der Waals surface area (Å²) in [5.41, 5.74) is 0.627. The molecule has 0 bridgehead atoms. The molecular formula is C10H11HgO4. The number of hydrogen-bond acceptors (Lipinski definition) is 3. The topological polar surface area (TPSA) is 63.6 Å². The number of ether oxygens (including phenoxy) is 1. The van der Waals surface area contributed by atoms with Gasteiger partial charge in [0.2, 0.25) is 0 Å². The molecule has 0 aliphatic heterocycles. The van der Waals surface area contributed by atoms with E-state index in [0.717, 1.165) is 6.92 Å². The van der Waals surface area contributed by atoms with Gasteiger partial charge in [0, 0.05) is 6.92 Å². The van der Waals surface area contributed by atoms with Crippen molar-refractivity contribution in [3.05, 3.63) is 29.8 Å². The molecule has 1 aromatic carbocycles. The Balaban J connectivity index is 0.000000423. The quantitative estimate of drug-likeness (QED) is 0.562. The fraction of sp³-hybridized carbons (Fsp3) is 0.200. The number of carboxylic acid groups (broad SMARTS) is 1. The van der Waals surface area contributed by atoms with Crippen LogP contribution in [0.1, 0.15) is 17.3 Å². The fourth-order valence-corrected chi connectivity index (χ4v) is 1.67. The van der Waals surface area contributed by atoms with E-state index < -0.39 is 5.97 Å². The Kier molecular flexibility index (Phi) is 6.95. The number of benzene rings is 1. The van der Waals surface area contributed by atoms with Gasteiger partial charge in [0.15, 0.2) is 0 Å². The van der Waals surface area contributed by atoms with Crippen LogP contribution in [0.15, 0.2) is 24.3 Å². The van der Waals surface area contributed by atoms with Crippen molar-refractivity contribution < 1.29 is 45.6 Å². The van der Waals surface area contributed by atoms with Gasteiger partial charge in [0.1, 0.15) is 0 Å². The zero-order valence-electron chi connectivity index (χ0n) is 8.69. The van der Waals surface area contributed by atoms with E-state index >= 15 is 0 Å². The van der Waals surface area contributed by atoms with Crippen molar-refractivity contribution in [1.29, 1.82) is 0 Å². The van der Waals surface area contributed by atoms with E-state index in [-0.39, 0.29) is 5.97 Å². The first-order valence-electron chi connectivity index (χ1n) is 4.17. The maximum atomic E-state index is 10.9. The van der Waals surface area contributed by atoms with Gasteiger partial charge in [0.25, 0.3) is 5.97 Å². The van der Waals surface area contributed by atoms with E-state index in [0.29, 0.717) is 31.7 Å². The van der Waals surface area contributed by atoms with Gasteiger partial charge >= 0.3 is 81.6 Å². The molecule has 1 N–H and O–H groups in total. The normalized spacial score (nSPS) is 8.53. The molecular weight excluding hydrogens is 385 g/mol. The Morgan fingerprint density at radius 3 is 2.00 bits per heavy atom. The summed E-state index contributed by atoms with van der Waals surface area (Å²) in [6.07, 6.45) is 0. The Labute approximate surface area is 104 Å². The van der Waals surface area contributed by atoms with Crippen LogP contribution in [-0.2, 0) is 35.7 Å². The van der Waals surface area contributed by atoms with Crippen LogP contribution >= 0.6 is 0 Å². The molecule has 1 rings (SSSR count). The molecule has 0 aliphatic rings. The third-order valence-corrected chi connectivity index (χ3v) is 3.21. The van der Waals surface area contributed by atoms with Crippen LogP contribution in [0, 0.1) is 0 Å². The zero-order valence-corrected chi connectivity index (χ0v) is 14.2. The van der Waals surface area contributed by atoms with Gasteiger partial charge < -0.3 is 5.11 Å². The third kappa shape index (κ3) is 7.07. The molecule has 77 valence electrons. The van der Waals surface area contributed by atoms with E-state index in [1.54, 1.807) is 12.1 Å². The van der Waals surface area contributed by atoms with E-state index in [9.17, 15) is 4.79 Å². The number of carboxylic acids is 1. The van der Waals surface area contributed by atoms with Gasteiger partial charge in [0.05, 0.1) is 0 Å². The number of rotatable bonds is 1. The third-order valence-electron chi connectivity index (χ3n) is 1.38. The van der Waals surface area contributed by atoms with Crippen LogP contribution in [0.5, 0.6) is 0 Å². The van der Waals surface area contributed by atoms with Crippen molar-refractivity contribution in [3.8, 4) is 0 Å². The van der Waals surface area contributed by atoms with Crippen molar-refractivity contribution in [2.45, 2.75) is 6.92 Å². The molecule has 0 aliphatic carbocycles. The summed E-state index contributed by atoms with van der Waals surface area (Å²) in [5.74, 6) is -1.10. The molecule has 0 heterocycles.